The summed E-state index contributed by atoms with van der Waals surface area (Å²) in [6.07, 6.45) is 1.43. The lowest BCUT2D eigenvalue weighted by Crippen LogP contribution is -2.00. The van der Waals surface area contributed by atoms with E-state index in [-0.39, 0.29) is 5.97 Å². The van der Waals surface area contributed by atoms with Gasteiger partial charge in [0.15, 0.2) is 0 Å². The summed E-state index contributed by atoms with van der Waals surface area (Å²) in [6, 6.07) is 7.28. The zero-order valence-electron chi connectivity index (χ0n) is 7.29. The van der Waals surface area contributed by atoms with E-state index in [1.807, 2.05) is 12.1 Å². The second-order valence-corrected chi connectivity index (χ2v) is 3.35. The Morgan fingerprint density at radius 3 is 2.93 bits per heavy atom. The molecular formula is C10H8ClNO2. The molecule has 0 aromatic heterocycles. The van der Waals surface area contributed by atoms with Gasteiger partial charge >= 0.3 is 5.97 Å². The van der Waals surface area contributed by atoms with Gasteiger partial charge in [-0.15, -0.1) is 0 Å². The second kappa shape index (κ2) is 3.72. The zero-order valence-corrected chi connectivity index (χ0v) is 8.04. The van der Waals surface area contributed by atoms with Crippen LogP contribution in [0.1, 0.15) is 0 Å². The lowest BCUT2D eigenvalue weighted by molar-refractivity contribution is -0.134. The lowest BCUT2D eigenvalue weighted by atomic mass is 10.3. The van der Waals surface area contributed by atoms with Crippen LogP contribution in [0.25, 0.3) is 0 Å². The van der Waals surface area contributed by atoms with E-state index < -0.39 is 0 Å². The van der Waals surface area contributed by atoms with Gasteiger partial charge in [-0.25, -0.2) is 4.79 Å². The Bertz CT molecular complexity index is 401. The van der Waals surface area contributed by atoms with E-state index in [4.69, 9.17) is 16.3 Å². The number of nitrogens with one attached hydrogen (secondary N) is 1. The van der Waals surface area contributed by atoms with E-state index >= 15 is 0 Å². The van der Waals surface area contributed by atoms with Crippen molar-refractivity contribution in [2.75, 3.05) is 11.9 Å². The maximum Gasteiger partial charge on any atom is 0.333 e. The van der Waals surface area contributed by atoms with E-state index in [1.54, 1.807) is 12.1 Å². The zero-order chi connectivity index (χ0) is 9.97. The monoisotopic (exact) mass is 209 g/mol. The van der Waals surface area contributed by atoms with Crippen LogP contribution in [0.4, 0.5) is 5.69 Å². The Kier molecular flexibility index (Phi) is 2.41. The van der Waals surface area contributed by atoms with Crippen LogP contribution in [-0.2, 0) is 9.53 Å². The number of anilines is 1. The van der Waals surface area contributed by atoms with Gasteiger partial charge in [0, 0.05) is 16.8 Å². The average Bonchev–Trinajstić information content (AvgIpc) is 2.51. The summed E-state index contributed by atoms with van der Waals surface area (Å²) in [7, 11) is 0. The number of cyclic esters (lactones) is 1. The summed E-state index contributed by atoms with van der Waals surface area (Å²) >= 11 is 5.80. The SMILES string of the molecule is O=C1C=C(Nc2cccc(Cl)c2)CO1. The number of hydrogen-bond donors (Lipinski definition) is 1. The van der Waals surface area contributed by atoms with Gasteiger partial charge in [-0.2, -0.15) is 0 Å². The molecule has 0 atom stereocenters. The van der Waals surface area contributed by atoms with Gasteiger partial charge in [0.05, 0.1) is 5.70 Å². The highest BCUT2D eigenvalue weighted by molar-refractivity contribution is 6.30. The molecule has 0 spiro atoms. The molecule has 0 bridgehead atoms. The van der Waals surface area contributed by atoms with Crippen LogP contribution >= 0.6 is 11.6 Å². The molecule has 1 heterocycles. The van der Waals surface area contributed by atoms with Crippen molar-refractivity contribution >= 4 is 23.3 Å². The topological polar surface area (TPSA) is 38.3 Å². The quantitative estimate of drug-likeness (QED) is 0.759. The third-order valence-electron chi connectivity index (χ3n) is 1.79. The van der Waals surface area contributed by atoms with Gasteiger partial charge in [0.1, 0.15) is 6.61 Å². The van der Waals surface area contributed by atoms with Crippen LogP contribution in [0.2, 0.25) is 5.02 Å². The molecule has 0 aliphatic carbocycles. The summed E-state index contributed by atoms with van der Waals surface area (Å²) in [5.74, 6) is -0.311. The minimum absolute atomic E-state index is 0.297. The third kappa shape index (κ3) is 2.06. The molecule has 0 fully saturated rings. The first-order chi connectivity index (χ1) is 6.74. The molecular weight excluding hydrogens is 202 g/mol. The van der Waals surface area contributed by atoms with Crippen molar-refractivity contribution in [2.45, 2.75) is 0 Å². The molecule has 0 saturated heterocycles. The van der Waals surface area contributed by atoms with Crippen molar-refractivity contribution < 1.29 is 9.53 Å². The highest BCUT2D eigenvalue weighted by Crippen LogP contribution is 2.17. The van der Waals surface area contributed by atoms with Crippen LogP contribution < -0.4 is 5.32 Å². The molecule has 4 heteroatoms. The fourth-order valence-corrected chi connectivity index (χ4v) is 1.39. The fourth-order valence-electron chi connectivity index (χ4n) is 1.20. The molecule has 0 radical (unpaired) electrons. The number of rotatable bonds is 2. The van der Waals surface area contributed by atoms with Gasteiger partial charge < -0.3 is 10.1 Å². The predicted molar refractivity (Wildman–Crippen MR) is 54.1 cm³/mol. The Labute approximate surface area is 86.3 Å². The van der Waals surface area contributed by atoms with E-state index in [0.717, 1.165) is 11.4 Å². The van der Waals surface area contributed by atoms with Gasteiger partial charge in [-0.1, -0.05) is 17.7 Å². The second-order valence-electron chi connectivity index (χ2n) is 2.91. The molecule has 3 nitrogen and oxygen atoms in total. The number of carbonyl (C=O) groups excluding carboxylic acids is 1. The first kappa shape index (κ1) is 9.09. The number of hydrogen-bond acceptors (Lipinski definition) is 3. The van der Waals surface area contributed by atoms with Crippen molar-refractivity contribution in [1.29, 1.82) is 0 Å². The predicted octanol–water partition coefficient (Wildman–Crippen LogP) is 2.19. The highest BCUT2D eigenvalue weighted by atomic mass is 35.5. The summed E-state index contributed by atoms with van der Waals surface area (Å²) in [5, 5.41) is 3.70. The molecule has 0 saturated carbocycles. The minimum atomic E-state index is -0.311. The molecule has 0 amide bonds. The van der Waals surface area contributed by atoms with Gasteiger partial charge in [0.2, 0.25) is 0 Å². The molecule has 0 unspecified atom stereocenters. The van der Waals surface area contributed by atoms with Crippen LogP contribution in [0.15, 0.2) is 36.0 Å². The van der Waals surface area contributed by atoms with Crippen molar-refractivity contribution in [3.8, 4) is 0 Å². The number of carbonyl (C=O) groups is 1. The Hall–Kier alpha value is -1.48. The number of benzene rings is 1. The average molecular weight is 210 g/mol. The molecule has 1 aromatic rings. The van der Waals surface area contributed by atoms with Crippen LogP contribution in [0, 0.1) is 0 Å². The number of ether oxygens (including phenoxy) is 1. The number of halogens is 1. The summed E-state index contributed by atoms with van der Waals surface area (Å²) < 4.78 is 4.74. The summed E-state index contributed by atoms with van der Waals surface area (Å²) in [4.78, 5) is 10.7. The molecule has 14 heavy (non-hydrogen) atoms. The molecule has 1 N–H and O–H groups in total. The Morgan fingerprint density at radius 1 is 1.43 bits per heavy atom. The standard InChI is InChI=1S/C10H8ClNO2/c11-7-2-1-3-8(4-7)12-9-5-10(13)14-6-9/h1-5,12H,6H2. The molecule has 1 aromatic carbocycles. The summed E-state index contributed by atoms with van der Waals surface area (Å²) in [6.45, 7) is 0.297. The van der Waals surface area contributed by atoms with Gasteiger partial charge in [-0.3, -0.25) is 0 Å². The summed E-state index contributed by atoms with van der Waals surface area (Å²) in [5.41, 5.74) is 1.60. The first-order valence-electron chi connectivity index (χ1n) is 4.14. The number of esters is 1. The fraction of sp³-hybridized carbons (Fsp3) is 0.100. The van der Waals surface area contributed by atoms with Crippen molar-refractivity contribution in [2.24, 2.45) is 0 Å². The third-order valence-corrected chi connectivity index (χ3v) is 2.03. The molecule has 1 aliphatic heterocycles. The van der Waals surface area contributed by atoms with E-state index in [0.29, 0.717) is 11.6 Å². The van der Waals surface area contributed by atoms with Crippen molar-refractivity contribution in [3.63, 3.8) is 0 Å². The van der Waals surface area contributed by atoms with Gasteiger partial charge in [-0.05, 0) is 18.2 Å². The van der Waals surface area contributed by atoms with Crippen LogP contribution in [0.5, 0.6) is 0 Å². The first-order valence-corrected chi connectivity index (χ1v) is 4.52. The molecule has 72 valence electrons. The van der Waals surface area contributed by atoms with Crippen LogP contribution in [0.3, 0.4) is 0 Å². The van der Waals surface area contributed by atoms with Crippen LogP contribution in [-0.4, -0.2) is 12.6 Å². The van der Waals surface area contributed by atoms with Crippen molar-refractivity contribution in [1.82, 2.24) is 0 Å². The smallest absolute Gasteiger partial charge is 0.333 e. The van der Waals surface area contributed by atoms with Crippen molar-refractivity contribution in [3.05, 3.63) is 41.1 Å². The molecule has 2 rings (SSSR count). The van der Waals surface area contributed by atoms with E-state index in [1.165, 1.54) is 6.08 Å². The molecule has 1 aliphatic rings. The normalized spacial score (nSPS) is 14.9. The maximum absolute atomic E-state index is 10.7. The maximum atomic E-state index is 10.7. The largest absolute Gasteiger partial charge is 0.456 e. The minimum Gasteiger partial charge on any atom is -0.456 e. The van der Waals surface area contributed by atoms with E-state index in [9.17, 15) is 4.79 Å². The van der Waals surface area contributed by atoms with E-state index in [2.05, 4.69) is 5.32 Å². The lowest BCUT2D eigenvalue weighted by Gasteiger charge is -2.05. The highest BCUT2D eigenvalue weighted by Gasteiger charge is 2.12. The van der Waals surface area contributed by atoms with Gasteiger partial charge in [0.25, 0.3) is 0 Å². The Morgan fingerprint density at radius 2 is 2.29 bits per heavy atom. The Balaban J connectivity index is 2.11.